The Morgan fingerprint density at radius 1 is 1.44 bits per heavy atom. The molecular weight excluding hydrogens is 226 g/mol. The zero-order chi connectivity index (χ0) is 11.8. The predicted molar refractivity (Wildman–Crippen MR) is 63.4 cm³/mol. The summed E-state index contributed by atoms with van der Waals surface area (Å²) in [6, 6.07) is 7.20. The largest absolute Gasteiger partial charge is 0.479 e. The van der Waals surface area contributed by atoms with Gasteiger partial charge in [0.25, 0.3) is 0 Å². The van der Waals surface area contributed by atoms with Gasteiger partial charge >= 0.3 is 0 Å². The second-order valence-corrected chi connectivity index (χ2v) is 3.39. The third-order valence-electron chi connectivity index (χ3n) is 1.69. The molecule has 84 valence electrons. The SMILES string of the molecule is CC(=O)NCC#CCOc1ccccc1Cl. The summed E-state index contributed by atoms with van der Waals surface area (Å²) in [5.74, 6) is 6.04. The van der Waals surface area contributed by atoms with Gasteiger partial charge in [0.2, 0.25) is 5.91 Å². The fraction of sp³-hybridized carbons (Fsp3) is 0.250. The van der Waals surface area contributed by atoms with Crippen LogP contribution < -0.4 is 10.1 Å². The van der Waals surface area contributed by atoms with Crippen molar-refractivity contribution in [3.63, 3.8) is 0 Å². The molecule has 1 amide bonds. The standard InChI is InChI=1S/C12H12ClNO2/c1-10(15)14-8-4-5-9-16-12-7-3-2-6-11(12)13/h2-3,6-7H,8-9H2,1H3,(H,14,15). The summed E-state index contributed by atoms with van der Waals surface area (Å²) >= 11 is 5.88. The normalized spacial score (nSPS) is 8.88. The lowest BCUT2D eigenvalue weighted by molar-refractivity contribution is -0.118. The van der Waals surface area contributed by atoms with E-state index in [4.69, 9.17) is 16.3 Å². The lowest BCUT2D eigenvalue weighted by atomic mass is 10.3. The van der Waals surface area contributed by atoms with Crippen LogP contribution in [0.15, 0.2) is 24.3 Å². The Hall–Kier alpha value is -1.66. The number of benzene rings is 1. The van der Waals surface area contributed by atoms with Crippen molar-refractivity contribution in [3.05, 3.63) is 29.3 Å². The second kappa shape index (κ2) is 6.76. The first kappa shape index (κ1) is 12.4. The first-order chi connectivity index (χ1) is 7.70. The molecule has 1 aromatic rings. The van der Waals surface area contributed by atoms with E-state index in [2.05, 4.69) is 17.2 Å². The highest BCUT2D eigenvalue weighted by molar-refractivity contribution is 6.32. The van der Waals surface area contributed by atoms with Crippen LogP contribution in [0.2, 0.25) is 5.02 Å². The van der Waals surface area contributed by atoms with Crippen LogP contribution in [-0.4, -0.2) is 19.1 Å². The molecule has 0 aromatic heterocycles. The van der Waals surface area contributed by atoms with Gasteiger partial charge in [0.15, 0.2) is 0 Å². The van der Waals surface area contributed by atoms with Gasteiger partial charge in [-0.2, -0.15) is 0 Å². The van der Waals surface area contributed by atoms with Gasteiger partial charge in [-0.05, 0) is 12.1 Å². The highest BCUT2D eigenvalue weighted by atomic mass is 35.5. The van der Waals surface area contributed by atoms with Crippen molar-refractivity contribution in [3.8, 4) is 17.6 Å². The molecule has 3 nitrogen and oxygen atoms in total. The zero-order valence-electron chi connectivity index (χ0n) is 8.92. The monoisotopic (exact) mass is 237 g/mol. The van der Waals surface area contributed by atoms with Crippen molar-refractivity contribution >= 4 is 17.5 Å². The van der Waals surface area contributed by atoms with E-state index in [-0.39, 0.29) is 12.5 Å². The van der Waals surface area contributed by atoms with E-state index in [0.29, 0.717) is 17.3 Å². The molecule has 1 aromatic carbocycles. The second-order valence-electron chi connectivity index (χ2n) is 2.98. The summed E-state index contributed by atoms with van der Waals surface area (Å²) < 4.78 is 5.33. The van der Waals surface area contributed by atoms with E-state index in [1.165, 1.54) is 6.92 Å². The molecule has 0 bridgehead atoms. The maximum Gasteiger partial charge on any atom is 0.217 e. The Labute approximate surface area is 99.7 Å². The van der Waals surface area contributed by atoms with Gasteiger partial charge in [-0.1, -0.05) is 35.6 Å². The van der Waals surface area contributed by atoms with Gasteiger partial charge in [-0.15, -0.1) is 0 Å². The molecule has 0 saturated heterocycles. The van der Waals surface area contributed by atoms with E-state index in [0.717, 1.165) is 0 Å². The molecule has 16 heavy (non-hydrogen) atoms. The van der Waals surface area contributed by atoms with E-state index in [1.807, 2.05) is 12.1 Å². The topological polar surface area (TPSA) is 38.3 Å². The summed E-state index contributed by atoms with van der Waals surface area (Å²) in [5, 5.41) is 3.12. The third kappa shape index (κ3) is 4.72. The Morgan fingerprint density at radius 3 is 2.88 bits per heavy atom. The molecule has 0 radical (unpaired) electrons. The van der Waals surface area contributed by atoms with Crippen LogP contribution >= 0.6 is 11.6 Å². The summed E-state index contributed by atoms with van der Waals surface area (Å²) in [6.07, 6.45) is 0. The van der Waals surface area contributed by atoms with Crippen LogP contribution in [0.3, 0.4) is 0 Å². The van der Waals surface area contributed by atoms with Gasteiger partial charge in [0.05, 0.1) is 11.6 Å². The van der Waals surface area contributed by atoms with Gasteiger partial charge in [-0.25, -0.2) is 0 Å². The number of hydrogen-bond donors (Lipinski definition) is 1. The highest BCUT2D eigenvalue weighted by Crippen LogP contribution is 2.22. The number of hydrogen-bond acceptors (Lipinski definition) is 2. The van der Waals surface area contributed by atoms with Crippen molar-refractivity contribution < 1.29 is 9.53 Å². The number of nitrogens with one attached hydrogen (secondary N) is 1. The Balaban J connectivity index is 2.30. The van der Waals surface area contributed by atoms with Crippen molar-refractivity contribution in [2.45, 2.75) is 6.92 Å². The number of para-hydroxylation sites is 1. The smallest absolute Gasteiger partial charge is 0.217 e. The third-order valence-corrected chi connectivity index (χ3v) is 2.00. The molecule has 1 N–H and O–H groups in total. The molecule has 0 spiro atoms. The number of ether oxygens (including phenoxy) is 1. The van der Waals surface area contributed by atoms with Gasteiger partial charge in [0, 0.05) is 6.92 Å². The van der Waals surface area contributed by atoms with Crippen molar-refractivity contribution in [1.82, 2.24) is 5.32 Å². The lowest BCUT2D eigenvalue weighted by Crippen LogP contribution is -2.19. The van der Waals surface area contributed by atoms with Crippen LogP contribution in [0.1, 0.15) is 6.92 Å². The first-order valence-corrected chi connectivity index (χ1v) is 5.15. The van der Waals surface area contributed by atoms with Crippen LogP contribution in [0.25, 0.3) is 0 Å². The summed E-state index contributed by atoms with van der Waals surface area (Å²) in [4.78, 5) is 10.5. The highest BCUT2D eigenvalue weighted by Gasteiger charge is 1.96. The minimum atomic E-state index is -0.0960. The Morgan fingerprint density at radius 2 is 2.19 bits per heavy atom. The zero-order valence-corrected chi connectivity index (χ0v) is 9.67. The fourth-order valence-corrected chi connectivity index (χ4v) is 1.15. The molecule has 0 heterocycles. The summed E-state index contributed by atoms with van der Waals surface area (Å²) in [5.41, 5.74) is 0. The molecule has 0 unspecified atom stereocenters. The molecule has 4 heteroatoms. The van der Waals surface area contributed by atoms with Crippen molar-refractivity contribution in [2.75, 3.05) is 13.2 Å². The molecule has 0 aliphatic rings. The average Bonchev–Trinajstić information content (AvgIpc) is 2.25. The Kier molecular flexibility index (Phi) is 5.24. The van der Waals surface area contributed by atoms with E-state index in [1.54, 1.807) is 12.1 Å². The molecule has 0 aliphatic heterocycles. The maximum absolute atomic E-state index is 10.5. The fourth-order valence-electron chi connectivity index (χ4n) is 0.958. The number of amides is 1. The van der Waals surface area contributed by atoms with Crippen LogP contribution in [0.5, 0.6) is 5.75 Å². The van der Waals surface area contributed by atoms with Crippen molar-refractivity contribution in [1.29, 1.82) is 0 Å². The summed E-state index contributed by atoms with van der Waals surface area (Å²) in [6.45, 7) is 2.03. The van der Waals surface area contributed by atoms with Crippen LogP contribution in [0, 0.1) is 11.8 Å². The number of halogens is 1. The summed E-state index contributed by atoms with van der Waals surface area (Å²) in [7, 11) is 0. The van der Waals surface area contributed by atoms with Crippen molar-refractivity contribution in [2.24, 2.45) is 0 Å². The van der Waals surface area contributed by atoms with Crippen LogP contribution in [-0.2, 0) is 4.79 Å². The van der Waals surface area contributed by atoms with E-state index < -0.39 is 0 Å². The van der Waals surface area contributed by atoms with E-state index in [9.17, 15) is 4.79 Å². The van der Waals surface area contributed by atoms with Gasteiger partial charge in [0.1, 0.15) is 12.4 Å². The minimum Gasteiger partial charge on any atom is -0.479 e. The van der Waals surface area contributed by atoms with Crippen LogP contribution in [0.4, 0.5) is 0 Å². The molecule has 0 atom stereocenters. The van der Waals surface area contributed by atoms with Gasteiger partial charge in [-0.3, -0.25) is 4.79 Å². The number of rotatable bonds is 3. The lowest BCUT2D eigenvalue weighted by Gasteiger charge is -2.02. The first-order valence-electron chi connectivity index (χ1n) is 4.77. The van der Waals surface area contributed by atoms with E-state index >= 15 is 0 Å². The van der Waals surface area contributed by atoms with Gasteiger partial charge < -0.3 is 10.1 Å². The molecule has 0 aliphatic carbocycles. The molecular formula is C12H12ClNO2. The average molecular weight is 238 g/mol. The quantitative estimate of drug-likeness (QED) is 0.815. The molecule has 0 fully saturated rings. The molecule has 1 rings (SSSR count). The number of carbonyl (C=O) groups is 1. The molecule has 0 saturated carbocycles. The predicted octanol–water partition coefficient (Wildman–Crippen LogP) is 1.86. The number of carbonyl (C=O) groups excluding carboxylic acids is 1. The Bertz CT molecular complexity index is 421. The maximum atomic E-state index is 10.5. The minimum absolute atomic E-state index is 0.0960.